The number of rotatable bonds is 3. The summed E-state index contributed by atoms with van der Waals surface area (Å²) in [5.74, 6) is 0. The number of hydrogen-bond donors (Lipinski definition) is 1. The Labute approximate surface area is 111 Å². The molecular formula is C15H25N3. The van der Waals surface area contributed by atoms with Gasteiger partial charge in [0.25, 0.3) is 0 Å². The van der Waals surface area contributed by atoms with E-state index in [1.165, 1.54) is 19.3 Å². The Kier molecular flexibility index (Phi) is 9.37. The van der Waals surface area contributed by atoms with Crippen LogP contribution in [0.15, 0.2) is 54.7 Å². The van der Waals surface area contributed by atoms with Gasteiger partial charge in [0.15, 0.2) is 0 Å². The Morgan fingerprint density at radius 1 is 1.39 bits per heavy atom. The maximum Gasteiger partial charge on any atom is 0.0574 e. The van der Waals surface area contributed by atoms with Crippen molar-refractivity contribution in [2.45, 2.75) is 33.1 Å². The lowest BCUT2D eigenvalue weighted by Crippen LogP contribution is -2.18. The van der Waals surface area contributed by atoms with Gasteiger partial charge in [0.05, 0.1) is 12.2 Å². The predicted molar refractivity (Wildman–Crippen MR) is 81.1 cm³/mol. The second-order valence-electron chi connectivity index (χ2n) is 4.00. The first-order valence-electron chi connectivity index (χ1n) is 6.25. The second-order valence-corrected chi connectivity index (χ2v) is 4.00. The Hall–Kier alpha value is -1.77. The van der Waals surface area contributed by atoms with Crippen molar-refractivity contribution < 1.29 is 0 Å². The van der Waals surface area contributed by atoms with Crippen molar-refractivity contribution in [3.05, 3.63) is 49.7 Å². The van der Waals surface area contributed by atoms with Crippen LogP contribution in [0.1, 0.15) is 33.1 Å². The minimum Gasteiger partial charge on any atom is -0.365 e. The second kappa shape index (κ2) is 10.4. The fourth-order valence-electron chi connectivity index (χ4n) is 1.14. The number of nitrogens with one attached hydrogen (secondary N) is 1. The molecule has 3 heteroatoms. The maximum atomic E-state index is 4.16. The van der Waals surface area contributed by atoms with Crippen molar-refractivity contribution >= 4 is 6.21 Å². The summed E-state index contributed by atoms with van der Waals surface area (Å²) >= 11 is 0. The van der Waals surface area contributed by atoms with Gasteiger partial charge in [-0.05, 0) is 20.0 Å². The summed E-state index contributed by atoms with van der Waals surface area (Å²) < 4.78 is 0. The van der Waals surface area contributed by atoms with Crippen LogP contribution < -0.4 is 5.32 Å². The fraction of sp³-hybridized carbons (Fsp3) is 0.400. The Bertz CT molecular complexity index is 322. The highest BCUT2D eigenvalue weighted by atomic mass is 15.1. The summed E-state index contributed by atoms with van der Waals surface area (Å²) in [5, 5.41) is 3.02. The molecule has 2 aliphatic rings. The third-order valence-corrected chi connectivity index (χ3v) is 1.98. The summed E-state index contributed by atoms with van der Waals surface area (Å²) in [5.41, 5.74) is 2.09. The molecule has 0 aromatic heterocycles. The molecule has 0 radical (unpaired) electrons. The molecular weight excluding hydrogens is 222 g/mol. The van der Waals surface area contributed by atoms with Gasteiger partial charge in [-0.25, -0.2) is 0 Å². The zero-order valence-corrected chi connectivity index (χ0v) is 11.7. The molecule has 0 saturated heterocycles. The van der Waals surface area contributed by atoms with Gasteiger partial charge in [0.2, 0.25) is 0 Å². The van der Waals surface area contributed by atoms with E-state index in [-0.39, 0.29) is 0 Å². The fourth-order valence-corrected chi connectivity index (χ4v) is 1.14. The molecule has 1 aliphatic heterocycles. The first-order valence-corrected chi connectivity index (χ1v) is 6.25. The SMILES string of the molecule is C1CC1.C=C.C=CN/C(C)=C/N1C=C(C)N=CC1. The lowest BCUT2D eigenvalue weighted by molar-refractivity contribution is 0.563. The van der Waals surface area contributed by atoms with Crippen LogP contribution in [0.25, 0.3) is 0 Å². The molecule has 1 heterocycles. The lowest BCUT2D eigenvalue weighted by atomic mass is 10.4. The van der Waals surface area contributed by atoms with Crippen molar-refractivity contribution in [2.75, 3.05) is 6.54 Å². The molecule has 0 spiro atoms. The van der Waals surface area contributed by atoms with Gasteiger partial charge in [-0.2, -0.15) is 0 Å². The molecule has 0 amide bonds. The van der Waals surface area contributed by atoms with Gasteiger partial charge < -0.3 is 10.2 Å². The number of aliphatic imine (C=N–C) groups is 1. The van der Waals surface area contributed by atoms with Crippen molar-refractivity contribution in [2.24, 2.45) is 4.99 Å². The van der Waals surface area contributed by atoms with Crippen molar-refractivity contribution in [3.8, 4) is 0 Å². The van der Waals surface area contributed by atoms with Crippen LogP contribution in [0, 0.1) is 0 Å². The van der Waals surface area contributed by atoms with E-state index in [1.54, 1.807) is 6.20 Å². The smallest absolute Gasteiger partial charge is 0.0574 e. The normalized spacial score (nSPS) is 16.4. The first-order chi connectivity index (χ1) is 8.72. The van der Waals surface area contributed by atoms with Crippen LogP contribution in [0.4, 0.5) is 0 Å². The van der Waals surface area contributed by atoms with Crippen molar-refractivity contribution in [1.82, 2.24) is 10.2 Å². The average molecular weight is 247 g/mol. The third-order valence-electron chi connectivity index (χ3n) is 1.98. The molecule has 1 N–H and O–H groups in total. The highest BCUT2D eigenvalue weighted by Gasteiger charge is 1.99. The van der Waals surface area contributed by atoms with E-state index >= 15 is 0 Å². The van der Waals surface area contributed by atoms with Crippen molar-refractivity contribution in [3.63, 3.8) is 0 Å². The summed E-state index contributed by atoms with van der Waals surface area (Å²) in [6, 6.07) is 0. The minimum atomic E-state index is 0.827. The quantitative estimate of drug-likeness (QED) is 0.768. The average Bonchev–Trinajstić information content (AvgIpc) is 3.19. The predicted octanol–water partition coefficient (Wildman–Crippen LogP) is 3.80. The molecule has 0 bridgehead atoms. The molecule has 1 saturated carbocycles. The zero-order valence-electron chi connectivity index (χ0n) is 11.7. The van der Waals surface area contributed by atoms with Crippen LogP contribution in [0.2, 0.25) is 0 Å². The van der Waals surface area contributed by atoms with Crippen molar-refractivity contribution in [1.29, 1.82) is 0 Å². The standard InChI is InChI=1S/C10H15N3.C3H6.C2H4/c1-4-11-9(2)7-13-6-5-12-10(3)8-13;1-2-3-1;1-2/h4-5,7-8,11H,1,6H2,2-3H3;1-3H2;1-2H2/b9-7+;;. The van der Waals surface area contributed by atoms with Crippen LogP contribution in [0.3, 0.4) is 0 Å². The molecule has 0 aromatic carbocycles. The van der Waals surface area contributed by atoms with Gasteiger partial charge in [-0.1, -0.05) is 25.8 Å². The molecule has 18 heavy (non-hydrogen) atoms. The van der Waals surface area contributed by atoms with Gasteiger partial charge in [0, 0.05) is 24.3 Å². The minimum absolute atomic E-state index is 0.827. The van der Waals surface area contributed by atoms with E-state index in [0.717, 1.165) is 17.9 Å². The summed E-state index contributed by atoms with van der Waals surface area (Å²) in [6.07, 6.45) is 12.1. The number of nitrogens with zero attached hydrogens (tertiary/aromatic N) is 2. The van der Waals surface area contributed by atoms with E-state index < -0.39 is 0 Å². The van der Waals surface area contributed by atoms with Gasteiger partial charge >= 0.3 is 0 Å². The number of hydrogen-bond acceptors (Lipinski definition) is 3. The molecule has 1 fully saturated rings. The lowest BCUT2D eigenvalue weighted by Gasteiger charge is -2.18. The van der Waals surface area contributed by atoms with Crippen LogP contribution in [-0.2, 0) is 0 Å². The molecule has 0 atom stereocenters. The van der Waals surface area contributed by atoms with Crippen LogP contribution >= 0.6 is 0 Å². The van der Waals surface area contributed by atoms with Crippen LogP contribution in [-0.4, -0.2) is 17.7 Å². The molecule has 0 aromatic rings. The molecule has 3 nitrogen and oxygen atoms in total. The summed E-state index contributed by atoms with van der Waals surface area (Å²) in [7, 11) is 0. The maximum absolute atomic E-state index is 4.16. The van der Waals surface area contributed by atoms with E-state index in [0.29, 0.717) is 0 Å². The summed E-state index contributed by atoms with van der Waals surface area (Å²) in [6.45, 7) is 14.4. The molecule has 100 valence electrons. The Morgan fingerprint density at radius 2 is 2.00 bits per heavy atom. The van der Waals surface area contributed by atoms with Gasteiger partial charge in [-0.15, -0.1) is 13.2 Å². The molecule has 1 aliphatic carbocycles. The van der Waals surface area contributed by atoms with Crippen LogP contribution in [0.5, 0.6) is 0 Å². The first kappa shape index (κ1) is 16.2. The Balaban J connectivity index is 0.000000487. The van der Waals surface area contributed by atoms with E-state index in [1.807, 2.05) is 32.5 Å². The van der Waals surface area contributed by atoms with E-state index in [2.05, 4.69) is 34.9 Å². The van der Waals surface area contributed by atoms with E-state index in [9.17, 15) is 0 Å². The highest BCUT2D eigenvalue weighted by molar-refractivity contribution is 5.63. The number of allylic oxidation sites excluding steroid dienone is 2. The largest absolute Gasteiger partial charge is 0.365 e. The summed E-state index contributed by atoms with van der Waals surface area (Å²) in [4.78, 5) is 6.24. The molecule has 2 rings (SSSR count). The highest BCUT2D eigenvalue weighted by Crippen LogP contribution is 2.14. The topological polar surface area (TPSA) is 27.6 Å². The van der Waals surface area contributed by atoms with E-state index in [4.69, 9.17) is 0 Å². The molecule has 0 unspecified atom stereocenters. The van der Waals surface area contributed by atoms with Gasteiger partial charge in [-0.3, -0.25) is 4.99 Å². The van der Waals surface area contributed by atoms with Gasteiger partial charge in [0.1, 0.15) is 0 Å². The monoisotopic (exact) mass is 247 g/mol. The Morgan fingerprint density at radius 3 is 2.44 bits per heavy atom. The third kappa shape index (κ3) is 9.46. The zero-order chi connectivity index (χ0) is 13.8.